The summed E-state index contributed by atoms with van der Waals surface area (Å²) in [6.45, 7) is 2.53. The molecule has 4 nitrogen and oxygen atoms in total. The Balaban J connectivity index is 1.60. The quantitative estimate of drug-likeness (QED) is 0.880. The molecule has 0 radical (unpaired) electrons. The molecule has 1 N–H and O–H groups in total. The highest BCUT2D eigenvalue weighted by Gasteiger charge is 2.22. The summed E-state index contributed by atoms with van der Waals surface area (Å²) in [4.78, 5) is 13.1. The predicted octanol–water partition coefficient (Wildman–Crippen LogP) is 3.32. The highest BCUT2D eigenvalue weighted by atomic mass is 32.2. The van der Waals surface area contributed by atoms with Crippen LogP contribution in [0, 0.1) is 6.92 Å². The van der Waals surface area contributed by atoms with E-state index in [0.29, 0.717) is 12.4 Å². The summed E-state index contributed by atoms with van der Waals surface area (Å²) in [5.41, 5.74) is 1.06. The van der Waals surface area contributed by atoms with Crippen LogP contribution in [0.4, 0.5) is 0 Å². The Morgan fingerprint density at radius 2 is 2.24 bits per heavy atom. The van der Waals surface area contributed by atoms with E-state index in [0.717, 1.165) is 28.4 Å². The standard InChI is InChI=1S/C16H17NO3S/c1-11-15(7-9-19-11)21-10-16(18)17-13-6-8-20-14-5-3-2-4-12(13)14/h2-5,7,9,13H,6,8,10H2,1H3,(H,17,18)/t13-/m0/s1. The van der Waals surface area contributed by atoms with Gasteiger partial charge in [0.2, 0.25) is 5.91 Å². The number of fused-ring (bicyclic) bond motifs is 1. The first kappa shape index (κ1) is 14.1. The fraction of sp³-hybridized carbons (Fsp3) is 0.312. The maximum Gasteiger partial charge on any atom is 0.230 e. The van der Waals surface area contributed by atoms with Gasteiger partial charge in [0.15, 0.2) is 0 Å². The Bertz CT molecular complexity index is 638. The summed E-state index contributed by atoms with van der Waals surface area (Å²) >= 11 is 1.49. The number of carbonyl (C=O) groups excluding carboxylic acids is 1. The van der Waals surface area contributed by atoms with Crippen LogP contribution in [0.25, 0.3) is 0 Å². The van der Waals surface area contributed by atoms with E-state index in [9.17, 15) is 4.79 Å². The van der Waals surface area contributed by atoms with Crippen LogP contribution in [0.1, 0.15) is 23.8 Å². The third kappa shape index (κ3) is 3.24. The third-order valence-electron chi connectivity index (χ3n) is 3.46. The minimum Gasteiger partial charge on any atom is -0.493 e. The number of rotatable bonds is 4. The Morgan fingerprint density at radius 1 is 1.38 bits per heavy atom. The zero-order chi connectivity index (χ0) is 14.7. The second-order valence-corrected chi connectivity index (χ2v) is 5.94. The van der Waals surface area contributed by atoms with Crippen molar-refractivity contribution in [2.45, 2.75) is 24.3 Å². The molecule has 0 unspecified atom stereocenters. The van der Waals surface area contributed by atoms with Gasteiger partial charge in [0.25, 0.3) is 0 Å². The molecule has 110 valence electrons. The molecule has 0 saturated heterocycles. The summed E-state index contributed by atoms with van der Waals surface area (Å²) in [5, 5.41) is 3.09. The number of hydrogen-bond donors (Lipinski definition) is 1. The van der Waals surface area contributed by atoms with E-state index in [1.807, 2.05) is 37.3 Å². The summed E-state index contributed by atoms with van der Waals surface area (Å²) in [5.74, 6) is 2.14. The Labute approximate surface area is 127 Å². The highest BCUT2D eigenvalue weighted by Crippen LogP contribution is 2.31. The van der Waals surface area contributed by atoms with Crippen molar-refractivity contribution in [2.75, 3.05) is 12.4 Å². The molecule has 1 atom stereocenters. The predicted molar refractivity (Wildman–Crippen MR) is 81.6 cm³/mol. The summed E-state index contributed by atoms with van der Waals surface area (Å²) < 4.78 is 10.8. The molecule has 0 spiro atoms. The highest BCUT2D eigenvalue weighted by molar-refractivity contribution is 8.00. The number of aryl methyl sites for hydroxylation is 1. The van der Waals surface area contributed by atoms with E-state index in [1.54, 1.807) is 6.26 Å². The van der Waals surface area contributed by atoms with E-state index in [2.05, 4.69) is 5.32 Å². The zero-order valence-electron chi connectivity index (χ0n) is 11.8. The average molecular weight is 303 g/mol. The first-order valence-corrected chi connectivity index (χ1v) is 7.90. The monoisotopic (exact) mass is 303 g/mol. The molecule has 1 aromatic heterocycles. The lowest BCUT2D eigenvalue weighted by Crippen LogP contribution is -2.33. The normalized spacial score (nSPS) is 16.9. The van der Waals surface area contributed by atoms with Gasteiger partial charge in [-0.05, 0) is 19.1 Å². The van der Waals surface area contributed by atoms with E-state index in [4.69, 9.17) is 9.15 Å². The lowest BCUT2D eigenvalue weighted by Gasteiger charge is -2.26. The Hall–Kier alpha value is -1.88. The van der Waals surface area contributed by atoms with Gasteiger partial charge in [-0.15, -0.1) is 11.8 Å². The number of amides is 1. The zero-order valence-corrected chi connectivity index (χ0v) is 12.6. The molecule has 5 heteroatoms. The van der Waals surface area contributed by atoms with Crippen molar-refractivity contribution < 1.29 is 13.9 Å². The van der Waals surface area contributed by atoms with Crippen molar-refractivity contribution in [2.24, 2.45) is 0 Å². The minimum absolute atomic E-state index is 0.0299. The maximum atomic E-state index is 12.1. The molecular weight excluding hydrogens is 286 g/mol. The van der Waals surface area contributed by atoms with Crippen molar-refractivity contribution >= 4 is 17.7 Å². The molecule has 2 heterocycles. The first-order valence-electron chi connectivity index (χ1n) is 6.92. The molecule has 0 aliphatic carbocycles. The number of carbonyl (C=O) groups is 1. The number of para-hydroxylation sites is 1. The molecule has 1 amide bonds. The topological polar surface area (TPSA) is 51.5 Å². The molecular formula is C16H17NO3S. The molecule has 0 bridgehead atoms. The fourth-order valence-corrected chi connectivity index (χ4v) is 3.17. The smallest absolute Gasteiger partial charge is 0.230 e. The van der Waals surface area contributed by atoms with Crippen LogP contribution >= 0.6 is 11.8 Å². The maximum absolute atomic E-state index is 12.1. The Morgan fingerprint density at radius 3 is 3.05 bits per heavy atom. The lowest BCUT2D eigenvalue weighted by molar-refractivity contribution is -0.119. The minimum atomic E-state index is 0.0299. The van der Waals surface area contributed by atoms with Crippen LogP contribution in [0.15, 0.2) is 45.9 Å². The molecule has 2 aromatic rings. The van der Waals surface area contributed by atoms with Crippen molar-refractivity contribution in [1.29, 1.82) is 0 Å². The molecule has 3 rings (SSSR count). The summed E-state index contributed by atoms with van der Waals surface area (Å²) in [6, 6.07) is 9.78. The van der Waals surface area contributed by atoms with Gasteiger partial charge < -0.3 is 14.5 Å². The van der Waals surface area contributed by atoms with Crippen molar-refractivity contribution in [3.63, 3.8) is 0 Å². The van der Waals surface area contributed by atoms with Crippen LogP contribution in [0.5, 0.6) is 5.75 Å². The van der Waals surface area contributed by atoms with Crippen LogP contribution in [-0.4, -0.2) is 18.3 Å². The van der Waals surface area contributed by atoms with Crippen molar-refractivity contribution in [1.82, 2.24) is 5.32 Å². The molecule has 1 aliphatic heterocycles. The first-order chi connectivity index (χ1) is 10.2. The van der Waals surface area contributed by atoms with Crippen molar-refractivity contribution in [3.8, 4) is 5.75 Å². The van der Waals surface area contributed by atoms with Gasteiger partial charge in [-0.3, -0.25) is 4.79 Å². The molecule has 0 saturated carbocycles. The second kappa shape index (κ2) is 6.26. The number of benzene rings is 1. The molecule has 0 fully saturated rings. The van der Waals surface area contributed by atoms with Gasteiger partial charge in [-0.1, -0.05) is 18.2 Å². The van der Waals surface area contributed by atoms with Gasteiger partial charge in [-0.25, -0.2) is 0 Å². The van der Waals surface area contributed by atoms with E-state index in [-0.39, 0.29) is 11.9 Å². The van der Waals surface area contributed by atoms with E-state index >= 15 is 0 Å². The van der Waals surface area contributed by atoms with Crippen LogP contribution in [0.3, 0.4) is 0 Å². The number of ether oxygens (including phenoxy) is 1. The fourth-order valence-electron chi connectivity index (χ4n) is 2.39. The average Bonchev–Trinajstić information content (AvgIpc) is 2.91. The number of hydrogen-bond acceptors (Lipinski definition) is 4. The van der Waals surface area contributed by atoms with Gasteiger partial charge in [-0.2, -0.15) is 0 Å². The van der Waals surface area contributed by atoms with Crippen molar-refractivity contribution in [3.05, 3.63) is 47.9 Å². The van der Waals surface area contributed by atoms with Crippen LogP contribution < -0.4 is 10.1 Å². The number of thioether (sulfide) groups is 1. The van der Waals surface area contributed by atoms with E-state index < -0.39 is 0 Å². The van der Waals surface area contributed by atoms with Gasteiger partial charge in [0.05, 0.1) is 24.7 Å². The van der Waals surface area contributed by atoms with Crippen LogP contribution in [-0.2, 0) is 4.79 Å². The molecule has 21 heavy (non-hydrogen) atoms. The largest absolute Gasteiger partial charge is 0.493 e. The summed E-state index contributed by atoms with van der Waals surface area (Å²) in [6.07, 6.45) is 2.45. The second-order valence-electron chi connectivity index (χ2n) is 4.92. The van der Waals surface area contributed by atoms with Crippen LogP contribution in [0.2, 0.25) is 0 Å². The molecule has 1 aromatic carbocycles. The SMILES string of the molecule is Cc1occc1SCC(=O)N[C@H]1CCOc2ccccc21. The third-order valence-corrected chi connectivity index (χ3v) is 4.60. The Kier molecular flexibility index (Phi) is 4.20. The van der Waals surface area contributed by atoms with Gasteiger partial charge in [0.1, 0.15) is 11.5 Å². The lowest BCUT2D eigenvalue weighted by atomic mass is 10.0. The number of nitrogens with one attached hydrogen (secondary N) is 1. The van der Waals surface area contributed by atoms with Gasteiger partial charge in [0, 0.05) is 16.9 Å². The number of furan rings is 1. The van der Waals surface area contributed by atoms with Gasteiger partial charge >= 0.3 is 0 Å². The molecule has 1 aliphatic rings. The summed E-state index contributed by atoms with van der Waals surface area (Å²) in [7, 11) is 0. The van der Waals surface area contributed by atoms with E-state index in [1.165, 1.54) is 11.8 Å².